The minimum Gasteiger partial charge on any atom is -0.347 e. The Bertz CT molecular complexity index is 632. The molecule has 2 N–H and O–H groups in total. The molecule has 28 heavy (non-hydrogen) atoms. The first kappa shape index (κ1) is 22.0. The highest BCUT2D eigenvalue weighted by Gasteiger charge is 2.36. The number of anilines is 1. The number of nitrogens with one attached hydrogen (secondary N) is 2. The van der Waals surface area contributed by atoms with Gasteiger partial charge in [0.05, 0.1) is 5.56 Å². The summed E-state index contributed by atoms with van der Waals surface area (Å²) in [6.45, 7) is 3.11. The number of amides is 1. The first-order valence-electron chi connectivity index (χ1n) is 11.4. The van der Waals surface area contributed by atoms with Crippen LogP contribution in [0.2, 0.25) is 0 Å². The number of thiophene rings is 1. The molecule has 0 fully saturated rings. The topological polar surface area (TPSA) is 44.4 Å². The molecule has 4 nitrogen and oxygen atoms in total. The Labute approximate surface area is 180 Å². The van der Waals surface area contributed by atoms with Gasteiger partial charge in [0.15, 0.2) is 5.50 Å². The van der Waals surface area contributed by atoms with Crippen molar-refractivity contribution in [1.29, 1.82) is 0 Å². The zero-order valence-electron chi connectivity index (χ0n) is 17.4. The molecule has 1 amide bonds. The van der Waals surface area contributed by atoms with Crippen molar-refractivity contribution in [1.82, 2.24) is 10.4 Å². The van der Waals surface area contributed by atoms with Crippen LogP contribution in [0, 0.1) is 0 Å². The van der Waals surface area contributed by atoms with Gasteiger partial charge < -0.3 is 5.32 Å². The van der Waals surface area contributed by atoms with Gasteiger partial charge in [0.25, 0.3) is 5.91 Å². The first-order chi connectivity index (χ1) is 13.7. The monoisotopic (exact) mass is 423 g/mol. The summed E-state index contributed by atoms with van der Waals surface area (Å²) in [6, 6.07) is 0. The fourth-order valence-corrected chi connectivity index (χ4v) is 6.00. The molecule has 1 aliphatic heterocycles. The first-order valence-corrected chi connectivity index (χ1v) is 12.7. The maximum absolute atomic E-state index is 13.0. The molecule has 1 aromatic rings. The van der Waals surface area contributed by atoms with E-state index in [1.165, 1.54) is 81.1 Å². The lowest BCUT2D eigenvalue weighted by molar-refractivity contribution is 0.0638. The number of thiol groups is 1. The van der Waals surface area contributed by atoms with Crippen molar-refractivity contribution in [3.05, 3.63) is 16.0 Å². The minimum absolute atomic E-state index is 0.0937. The Morgan fingerprint density at radius 3 is 2.36 bits per heavy atom. The van der Waals surface area contributed by atoms with Gasteiger partial charge in [-0.25, -0.2) is 10.4 Å². The standard InChI is InChI=1S/C22H37N3OS2/c1-2-3-4-5-6-7-8-9-10-11-12-16-23-25-21(26)19-17-14-13-15-18(17)28-20(19)24-22(25)27/h22-24,27H,2-16H2,1H3. The smallest absolute Gasteiger partial charge is 0.273 e. The molecule has 0 saturated heterocycles. The van der Waals surface area contributed by atoms with Crippen LogP contribution in [-0.4, -0.2) is 23.0 Å². The van der Waals surface area contributed by atoms with E-state index in [0.29, 0.717) is 0 Å². The average molecular weight is 424 g/mol. The van der Waals surface area contributed by atoms with E-state index in [2.05, 4.69) is 30.3 Å². The van der Waals surface area contributed by atoms with E-state index in [-0.39, 0.29) is 11.4 Å². The van der Waals surface area contributed by atoms with Crippen LogP contribution in [0.4, 0.5) is 5.00 Å². The molecule has 6 heteroatoms. The van der Waals surface area contributed by atoms with Crippen LogP contribution in [-0.2, 0) is 12.8 Å². The number of hydrazine groups is 1. The Balaban J connectivity index is 1.29. The zero-order valence-corrected chi connectivity index (χ0v) is 19.1. The van der Waals surface area contributed by atoms with Gasteiger partial charge in [-0.3, -0.25) is 4.79 Å². The molecule has 2 heterocycles. The fourth-order valence-electron chi connectivity index (χ4n) is 4.29. The van der Waals surface area contributed by atoms with Gasteiger partial charge in [-0.1, -0.05) is 71.1 Å². The van der Waals surface area contributed by atoms with E-state index in [4.69, 9.17) is 0 Å². The zero-order chi connectivity index (χ0) is 19.8. The number of rotatable bonds is 13. The van der Waals surface area contributed by atoms with Crippen molar-refractivity contribution >= 4 is 34.9 Å². The number of aryl methyl sites for hydroxylation is 1. The van der Waals surface area contributed by atoms with E-state index in [1.807, 2.05) is 0 Å². The number of unbranched alkanes of at least 4 members (excludes halogenated alkanes) is 10. The summed E-state index contributed by atoms with van der Waals surface area (Å²) in [5, 5.41) is 6.09. The van der Waals surface area contributed by atoms with Crippen molar-refractivity contribution < 1.29 is 4.79 Å². The van der Waals surface area contributed by atoms with Crippen molar-refractivity contribution in [2.75, 3.05) is 11.9 Å². The maximum Gasteiger partial charge on any atom is 0.273 e. The van der Waals surface area contributed by atoms with E-state index in [9.17, 15) is 4.79 Å². The number of hydrogen-bond acceptors (Lipinski definition) is 5. The molecule has 0 radical (unpaired) electrons. The number of fused-ring (bicyclic) bond motifs is 3. The third-order valence-electron chi connectivity index (χ3n) is 5.92. The molecule has 0 spiro atoms. The van der Waals surface area contributed by atoms with Crippen LogP contribution in [0.1, 0.15) is 105 Å². The van der Waals surface area contributed by atoms with Crippen molar-refractivity contribution in [2.24, 2.45) is 0 Å². The van der Waals surface area contributed by atoms with Gasteiger partial charge in [-0.05, 0) is 31.2 Å². The Kier molecular flexibility index (Phi) is 9.00. The number of hydrogen-bond donors (Lipinski definition) is 3. The second kappa shape index (κ2) is 11.5. The highest BCUT2D eigenvalue weighted by Crippen LogP contribution is 2.42. The van der Waals surface area contributed by atoms with Gasteiger partial charge in [-0.15, -0.1) is 24.0 Å². The van der Waals surface area contributed by atoms with Crippen molar-refractivity contribution in [3.63, 3.8) is 0 Å². The summed E-state index contributed by atoms with van der Waals surface area (Å²) in [7, 11) is 0. The lowest BCUT2D eigenvalue weighted by Gasteiger charge is -2.34. The lowest BCUT2D eigenvalue weighted by atomic mass is 10.1. The molecule has 158 valence electrons. The lowest BCUT2D eigenvalue weighted by Crippen LogP contribution is -2.53. The SMILES string of the molecule is CCCCCCCCCCCCCNN1C(=O)c2c(sc3c2CCC3)NC1S. The van der Waals surface area contributed by atoms with E-state index < -0.39 is 0 Å². The van der Waals surface area contributed by atoms with Crippen LogP contribution >= 0.6 is 24.0 Å². The summed E-state index contributed by atoms with van der Waals surface area (Å²) in [5.74, 6) is 0.0937. The van der Waals surface area contributed by atoms with Gasteiger partial charge in [-0.2, -0.15) is 0 Å². The van der Waals surface area contributed by atoms with Gasteiger partial charge in [0.1, 0.15) is 5.00 Å². The van der Waals surface area contributed by atoms with Crippen LogP contribution in [0.3, 0.4) is 0 Å². The summed E-state index contributed by atoms with van der Waals surface area (Å²) in [5.41, 5.74) is 5.21. The molecule has 1 aliphatic carbocycles. The number of carbonyl (C=O) groups excluding carboxylic acids is 1. The molecule has 0 aromatic carbocycles. The Morgan fingerprint density at radius 1 is 1.04 bits per heavy atom. The van der Waals surface area contributed by atoms with Crippen molar-refractivity contribution in [2.45, 2.75) is 102 Å². The van der Waals surface area contributed by atoms with Crippen LogP contribution < -0.4 is 10.7 Å². The predicted molar refractivity (Wildman–Crippen MR) is 123 cm³/mol. The van der Waals surface area contributed by atoms with Crippen LogP contribution in [0.15, 0.2) is 0 Å². The molecular formula is C22H37N3OS2. The average Bonchev–Trinajstić information content (AvgIpc) is 3.25. The highest BCUT2D eigenvalue weighted by atomic mass is 32.1. The molecule has 1 aromatic heterocycles. The van der Waals surface area contributed by atoms with E-state index >= 15 is 0 Å². The molecule has 0 saturated carbocycles. The van der Waals surface area contributed by atoms with Gasteiger partial charge in [0, 0.05) is 11.4 Å². The van der Waals surface area contributed by atoms with E-state index in [0.717, 1.165) is 36.4 Å². The summed E-state index contributed by atoms with van der Waals surface area (Å²) in [6.07, 6.45) is 18.0. The number of carbonyl (C=O) groups is 1. The van der Waals surface area contributed by atoms with Crippen LogP contribution in [0.5, 0.6) is 0 Å². The third kappa shape index (κ3) is 5.67. The summed E-state index contributed by atoms with van der Waals surface area (Å²) < 4.78 is 0. The molecule has 0 bridgehead atoms. The number of nitrogens with zero attached hydrogens (tertiary/aromatic N) is 1. The second-order valence-corrected chi connectivity index (χ2v) is 9.79. The van der Waals surface area contributed by atoms with Crippen LogP contribution in [0.25, 0.3) is 0 Å². The molecule has 2 aliphatic rings. The van der Waals surface area contributed by atoms with Gasteiger partial charge >= 0.3 is 0 Å². The second-order valence-electron chi connectivity index (χ2n) is 8.20. The predicted octanol–water partition coefficient (Wildman–Crippen LogP) is 6.13. The van der Waals surface area contributed by atoms with Crippen molar-refractivity contribution in [3.8, 4) is 0 Å². The maximum atomic E-state index is 13.0. The highest BCUT2D eigenvalue weighted by molar-refractivity contribution is 7.81. The Hall–Kier alpha value is -0.720. The Morgan fingerprint density at radius 2 is 1.68 bits per heavy atom. The largest absolute Gasteiger partial charge is 0.347 e. The molecule has 1 unspecified atom stereocenters. The quantitative estimate of drug-likeness (QED) is 0.264. The molecular weight excluding hydrogens is 386 g/mol. The molecule has 1 atom stereocenters. The third-order valence-corrected chi connectivity index (χ3v) is 7.50. The fraction of sp³-hybridized carbons (Fsp3) is 0.773. The normalized spacial score (nSPS) is 18.3. The van der Waals surface area contributed by atoms with Gasteiger partial charge in [0.2, 0.25) is 0 Å². The van der Waals surface area contributed by atoms with E-state index in [1.54, 1.807) is 16.3 Å². The molecule has 3 rings (SSSR count). The minimum atomic E-state index is -0.286. The summed E-state index contributed by atoms with van der Waals surface area (Å²) >= 11 is 6.33. The summed E-state index contributed by atoms with van der Waals surface area (Å²) in [4.78, 5) is 14.3.